The fourth-order valence-electron chi connectivity index (χ4n) is 2.25. The molecule has 0 N–H and O–H groups in total. The molecule has 1 atom stereocenters. The average Bonchev–Trinajstić information content (AvgIpc) is 2.26. The van der Waals surface area contributed by atoms with Gasteiger partial charge in [-0.3, -0.25) is 0 Å². The Labute approximate surface area is 94.2 Å². The zero-order chi connectivity index (χ0) is 10.7. The van der Waals surface area contributed by atoms with Gasteiger partial charge in [0.15, 0.2) is 9.04 Å². The molecule has 1 aromatic rings. The van der Waals surface area contributed by atoms with Gasteiger partial charge in [-0.15, -0.1) is 0 Å². The second-order valence-corrected chi connectivity index (χ2v) is 7.11. The van der Waals surface area contributed by atoms with E-state index in [2.05, 4.69) is 32.0 Å². The summed E-state index contributed by atoms with van der Waals surface area (Å²) in [5.41, 5.74) is 4.41. The molecular weight excluding hydrogens is 200 g/mol. The molecule has 1 heterocycles. The van der Waals surface area contributed by atoms with Crippen LogP contribution in [0, 0.1) is 13.8 Å². The van der Waals surface area contributed by atoms with E-state index in [1.807, 2.05) is 0 Å². The molecule has 0 amide bonds. The Morgan fingerprint density at radius 2 is 2.13 bits per heavy atom. The second-order valence-electron chi connectivity index (χ2n) is 4.55. The quantitative estimate of drug-likeness (QED) is 0.696. The van der Waals surface area contributed by atoms with Gasteiger partial charge in [0.25, 0.3) is 0 Å². The minimum absolute atomic E-state index is 0.901. The SMILES string of the molecule is Cc1cccc(C[SiH]2CCCCO2)c1C. The Hall–Kier alpha value is -0.603. The van der Waals surface area contributed by atoms with Gasteiger partial charge >= 0.3 is 0 Å². The fraction of sp³-hybridized carbons (Fsp3) is 0.538. The van der Waals surface area contributed by atoms with E-state index >= 15 is 0 Å². The maximum atomic E-state index is 5.92. The summed E-state index contributed by atoms with van der Waals surface area (Å²) in [4.78, 5) is 0. The summed E-state index contributed by atoms with van der Waals surface area (Å²) >= 11 is 0. The Balaban J connectivity index is 2.06. The zero-order valence-electron chi connectivity index (χ0n) is 9.75. The van der Waals surface area contributed by atoms with Crippen LogP contribution in [-0.2, 0) is 10.5 Å². The van der Waals surface area contributed by atoms with Crippen molar-refractivity contribution in [1.82, 2.24) is 0 Å². The predicted octanol–water partition coefficient (Wildman–Crippen LogP) is 2.92. The maximum absolute atomic E-state index is 5.92. The first kappa shape index (κ1) is 10.9. The lowest BCUT2D eigenvalue weighted by Crippen LogP contribution is -2.26. The molecule has 1 saturated heterocycles. The lowest BCUT2D eigenvalue weighted by molar-refractivity contribution is 0.286. The topological polar surface area (TPSA) is 9.23 Å². The van der Waals surface area contributed by atoms with Gasteiger partial charge in [0.2, 0.25) is 0 Å². The van der Waals surface area contributed by atoms with Crippen LogP contribution in [-0.4, -0.2) is 15.6 Å². The molecule has 0 spiro atoms. The molecule has 1 aliphatic rings. The number of rotatable bonds is 2. The van der Waals surface area contributed by atoms with E-state index in [-0.39, 0.29) is 0 Å². The summed E-state index contributed by atoms with van der Waals surface area (Å²) in [5, 5.41) is 0. The highest BCUT2D eigenvalue weighted by Gasteiger charge is 2.17. The summed E-state index contributed by atoms with van der Waals surface area (Å²) in [6, 6.07) is 9.24. The third-order valence-electron chi connectivity index (χ3n) is 3.44. The third-order valence-corrected chi connectivity index (χ3v) is 6.09. The molecule has 2 heteroatoms. The van der Waals surface area contributed by atoms with E-state index in [9.17, 15) is 0 Å². The van der Waals surface area contributed by atoms with E-state index in [0.29, 0.717) is 0 Å². The van der Waals surface area contributed by atoms with Crippen molar-refractivity contribution in [2.24, 2.45) is 0 Å². The summed E-state index contributed by atoms with van der Waals surface area (Å²) in [6.45, 7) is 5.45. The molecule has 82 valence electrons. The number of hydrogen-bond donors (Lipinski definition) is 0. The van der Waals surface area contributed by atoms with Crippen LogP contribution in [0.15, 0.2) is 18.2 Å². The summed E-state index contributed by atoms with van der Waals surface area (Å²) in [5.74, 6) is 0. The fourth-order valence-corrected chi connectivity index (χ4v) is 4.91. The molecule has 1 fully saturated rings. The van der Waals surface area contributed by atoms with Crippen LogP contribution in [0.25, 0.3) is 0 Å². The molecule has 0 aliphatic carbocycles. The van der Waals surface area contributed by atoms with E-state index in [1.54, 1.807) is 0 Å². The number of aryl methyl sites for hydroxylation is 1. The molecule has 1 aromatic carbocycles. The van der Waals surface area contributed by atoms with Crippen LogP contribution in [0.5, 0.6) is 0 Å². The first-order valence-electron chi connectivity index (χ1n) is 5.94. The molecule has 0 bridgehead atoms. The van der Waals surface area contributed by atoms with E-state index in [1.165, 1.54) is 41.6 Å². The molecular formula is C13H20OSi. The summed E-state index contributed by atoms with van der Waals surface area (Å²) in [7, 11) is -0.901. The van der Waals surface area contributed by atoms with Crippen molar-refractivity contribution in [3.05, 3.63) is 34.9 Å². The zero-order valence-corrected chi connectivity index (χ0v) is 10.9. The minimum Gasteiger partial charge on any atom is -0.420 e. The van der Waals surface area contributed by atoms with Crippen molar-refractivity contribution in [2.45, 2.75) is 38.8 Å². The summed E-state index contributed by atoms with van der Waals surface area (Å²) < 4.78 is 5.92. The van der Waals surface area contributed by atoms with E-state index in [0.717, 1.165) is 6.61 Å². The molecule has 0 aromatic heterocycles. The smallest absolute Gasteiger partial charge is 0.181 e. The van der Waals surface area contributed by atoms with Crippen molar-refractivity contribution in [3.8, 4) is 0 Å². The Kier molecular flexibility index (Phi) is 3.60. The van der Waals surface area contributed by atoms with Crippen LogP contribution in [0.4, 0.5) is 0 Å². The number of hydrogen-bond acceptors (Lipinski definition) is 1. The third kappa shape index (κ3) is 2.70. The highest BCUT2D eigenvalue weighted by atomic mass is 28.3. The van der Waals surface area contributed by atoms with Gasteiger partial charge < -0.3 is 4.43 Å². The van der Waals surface area contributed by atoms with Gasteiger partial charge in [-0.25, -0.2) is 0 Å². The second kappa shape index (κ2) is 4.95. The van der Waals surface area contributed by atoms with E-state index in [4.69, 9.17) is 4.43 Å². The van der Waals surface area contributed by atoms with Gasteiger partial charge in [0.05, 0.1) is 0 Å². The van der Waals surface area contributed by atoms with Crippen molar-refractivity contribution in [2.75, 3.05) is 6.61 Å². The minimum atomic E-state index is -0.901. The summed E-state index contributed by atoms with van der Waals surface area (Å²) in [6.07, 6.45) is 2.66. The lowest BCUT2D eigenvalue weighted by atomic mass is 10.1. The highest BCUT2D eigenvalue weighted by molar-refractivity contribution is 6.51. The first-order valence-corrected chi connectivity index (χ1v) is 8.04. The van der Waals surface area contributed by atoms with Gasteiger partial charge in [-0.05, 0) is 49.0 Å². The Morgan fingerprint density at radius 3 is 2.87 bits per heavy atom. The maximum Gasteiger partial charge on any atom is 0.181 e. The van der Waals surface area contributed by atoms with Gasteiger partial charge in [0, 0.05) is 6.61 Å². The Bertz CT molecular complexity index is 329. The van der Waals surface area contributed by atoms with Crippen molar-refractivity contribution in [3.63, 3.8) is 0 Å². The average molecular weight is 220 g/mol. The molecule has 0 radical (unpaired) electrons. The van der Waals surface area contributed by atoms with E-state index < -0.39 is 9.04 Å². The van der Waals surface area contributed by atoms with Gasteiger partial charge in [-0.1, -0.05) is 24.6 Å². The van der Waals surface area contributed by atoms with Crippen molar-refractivity contribution >= 4 is 9.04 Å². The molecule has 1 unspecified atom stereocenters. The lowest BCUT2D eigenvalue weighted by Gasteiger charge is -2.22. The number of benzene rings is 1. The predicted molar refractivity (Wildman–Crippen MR) is 66.8 cm³/mol. The largest absolute Gasteiger partial charge is 0.420 e. The highest BCUT2D eigenvalue weighted by Crippen LogP contribution is 2.19. The van der Waals surface area contributed by atoms with Crippen molar-refractivity contribution in [1.29, 1.82) is 0 Å². The monoisotopic (exact) mass is 220 g/mol. The Morgan fingerprint density at radius 1 is 1.27 bits per heavy atom. The van der Waals surface area contributed by atoms with Crippen LogP contribution in [0.3, 0.4) is 0 Å². The van der Waals surface area contributed by atoms with Gasteiger partial charge in [0.1, 0.15) is 0 Å². The van der Waals surface area contributed by atoms with Crippen LogP contribution >= 0.6 is 0 Å². The van der Waals surface area contributed by atoms with Crippen LogP contribution < -0.4 is 0 Å². The van der Waals surface area contributed by atoms with Crippen LogP contribution in [0.1, 0.15) is 29.5 Å². The molecule has 1 nitrogen and oxygen atoms in total. The standard InChI is InChI=1S/C13H20OSi/c1-11-6-5-7-13(12(11)2)10-15-9-4-3-8-14-15/h5-7,15H,3-4,8-10H2,1-2H3. The first-order chi connectivity index (χ1) is 7.27. The molecule has 1 aliphatic heterocycles. The normalized spacial score (nSPS) is 21.6. The molecule has 15 heavy (non-hydrogen) atoms. The van der Waals surface area contributed by atoms with Gasteiger partial charge in [-0.2, -0.15) is 0 Å². The molecule has 2 rings (SSSR count). The van der Waals surface area contributed by atoms with Crippen LogP contribution in [0.2, 0.25) is 6.04 Å². The van der Waals surface area contributed by atoms with Crippen molar-refractivity contribution < 1.29 is 4.43 Å². The molecule has 0 saturated carbocycles.